The van der Waals surface area contributed by atoms with E-state index in [1.165, 1.54) is 9.13 Å². The van der Waals surface area contributed by atoms with Crippen LogP contribution in [0.4, 0.5) is 4.79 Å². The molecule has 0 spiro atoms. The topological polar surface area (TPSA) is 132 Å². The lowest BCUT2D eigenvalue weighted by Crippen LogP contribution is -2.45. The fourth-order valence-corrected chi connectivity index (χ4v) is 6.32. The molecule has 2 aliphatic heterocycles. The van der Waals surface area contributed by atoms with E-state index in [1.54, 1.807) is 7.05 Å². The molecule has 1 aromatic heterocycles. The largest absolute Gasteiger partial charge is 0.444 e. The van der Waals surface area contributed by atoms with Gasteiger partial charge in [-0.3, -0.25) is 28.8 Å². The number of fused-ring (bicyclic) bond motifs is 1. The molecule has 4 amide bonds. The van der Waals surface area contributed by atoms with Gasteiger partial charge in [-0.2, -0.15) is 0 Å². The molecule has 1 unspecified atom stereocenters. The number of hydrogen-bond acceptors (Lipinski definition) is 6. The summed E-state index contributed by atoms with van der Waals surface area (Å²) < 4.78 is 8.33. The number of nitrogens with one attached hydrogen (secondary N) is 2. The van der Waals surface area contributed by atoms with E-state index in [0.717, 1.165) is 44.1 Å². The van der Waals surface area contributed by atoms with Crippen molar-refractivity contribution in [1.82, 2.24) is 24.7 Å². The van der Waals surface area contributed by atoms with Crippen LogP contribution in [0.15, 0.2) is 23.0 Å². The Kier molecular flexibility index (Phi) is 8.67. The molecule has 1 aromatic carbocycles. The standard InChI is InChI=1S/C32H41N5O6/c1-32(2,3)43-30(41)33-23-10-8-22(9-11-23)29(40)36-17-15-20(16-18-36)5-6-21-7-12-24-26(19-21)35(4)31(42)37(24)25-13-14-27(38)34-28(25)39/h7,12,19-20,22-23,25H,8-11,13-18H2,1-4H3,(H,33,41)(H,34,38,39). The number of hydrogen-bond donors (Lipinski definition) is 2. The van der Waals surface area contributed by atoms with Crippen molar-refractivity contribution < 1.29 is 23.9 Å². The first-order valence-electron chi connectivity index (χ1n) is 15.2. The number of ether oxygens (including phenoxy) is 1. The van der Waals surface area contributed by atoms with Crippen LogP contribution in [0.1, 0.15) is 83.7 Å². The highest BCUT2D eigenvalue weighted by Crippen LogP contribution is 2.29. The van der Waals surface area contributed by atoms with Crippen molar-refractivity contribution in [3.8, 4) is 11.8 Å². The number of amides is 4. The molecular formula is C32H41N5O6. The molecule has 0 bridgehead atoms. The number of piperidine rings is 2. The molecular weight excluding hydrogens is 550 g/mol. The molecule has 2 aromatic rings. The second-order valence-electron chi connectivity index (χ2n) is 12.9. The number of rotatable bonds is 3. The molecule has 3 heterocycles. The van der Waals surface area contributed by atoms with E-state index in [9.17, 15) is 24.0 Å². The number of aryl methyl sites for hydroxylation is 1. The number of carbonyl (C=O) groups excluding carboxylic acids is 4. The first kappa shape index (κ1) is 30.4. The third kappa shape index (κ3) is 6.95. The lowest BCUT2D eigenvalue weighted by atomic mass is 9.84. The predicted octanol–water partition coefficient (Wildman–Crippen LogP) is 2.99. The number of nitrogens with zero attached hydrogens (tertiary/aromatic N) is 3. The summed E-state index contributed by atoms with van der Waals surface area (Å²) in [6, 6.07) is 4.84. The molecule has 230 valence electrons. The van der Waals surface area contributed by atoms with E-state index in [4.69, 9.17) is 4.74 Å². The molecule has 43 heavy (non-hydrogen) atoms. The molecule has 3 aliphatic rings. The van der Waals surface area contributed by atoms with Gasteiger partial charge in [0.05, 0.1) is 11.0 Å². The maximum absolute atomic E-state index is 13.2. The van der Waals surface area contributed by atoms with Crippen molar-refractivity contribution in [2.75, 3.05) is 13.1 Å². The SMILES string of the molecule is Cn1c(=O)n(C2CCC(=O)NC2=O)c2ccc(C#CC3CCN(C(=O)C4CCC(NC(=O)OC(C)(C)C)CC4)CC3)cc21. The van der Waals surface area contributed by atoms with E-state index < -0.39 is 23.6 Å². The average Bonchev–Trinajstić information content (AvgIpc) is 3.20. The van der Waals surface area contributed by atoms with Crippen molar-refractivity contribution in [1.29, 1.82) is 0 Å². The van der Waals surface area contributed by atoms with Crippen LogP contribution in [0.25, 0.3) is 11.0 Å². The van der Waals surface area contributed by atoms with Gasteiger partial charge in [0.25, 0.3) is 0 Å². The highest BCUT2D eigenvalue weighted by Gasteiger charge is 2.33. The monoisotopic (exact) mass is 591 g/mol. The normalized spacial score (nSPS) is 23.3. The van der Waals surface area contributed by atoms with Gasteiger partial charge in [0.2, 0.25) is 17.7 Å². The lowest BCUT2D eigenvalue weighted by molar-refractivity contribution is -0.138. The first-order valence-corrected chi connectivity index (χ1v) is 15.2. The molecule has 0 radical (unpaired) electrons. The zero-order valence-electron chi connectivity index (χ0n) is 25.4. The van der Waals surface area contributed by atoms with Crippen molar-refractivity contribution in [3.05, 3.63) is 34.2 Å². The zero-order valence-corrected chi connectivity index (χ0v) is 25.4. The maximum Gasteiger partial charge on any atom is 0.407 e. The first-order chi connectivity index (χ1) is 20.4. The van der Waals surface area contributed by atoms with Crippen LogP contribution in [0.3, 0.4) is 0 Å². The van der Waals surface area contributed by atoms with Gasteiger partial charge in [-0.15, -0.1) is 0 Å². The maximum atomic E-state index is 13.2. The van der Waals surface area contributed by atoms with Crippen LogP contribution in [0, 0.1) is 23.7 Å². The molecule has 3 fully saturated rings. The van der Waals surface area contributed by atoms with E-state index in [0.29, 0.717) is 30.5 Å². The summed E-state index contributed by atoms with van der Waals surface area (Å²) in [7, 11) is 1.67. The predicted molar refractivity (Wildman–Crippen MR) is 160 cm³/mol. The summed E-state index contributed by atoms with van der Waals surface area (Å²) in [5.41, 5.74) is 1.25. The van der Waals surface area contributed by atoms with Gasteiger partial charge < -0.3 is 15.0 Å². The van der Waals surface area contributed by atoms with E-state index in [-0.39, 0.29) is 41.8 Å². The third-order valence-corrected chi connectivity index (χ3v) is 8.64. The summed E-state index contributed by atoms with van der Waals surface area (Å²) in [6.45, 7) is 6.87. The highest BCUT2D eigenvalue weighted by atomic mass is 16.6. The van der Waals surface area contributed by atoms with Crippen LogP contribution >= 0.6 is 0 Å². The van der Waals surface area contributed by atoms with Crippen molar-refractivity contribution in [2.45, 2.75) is 89.8 Å². The smallest absolute Gasteiger partial charge is 0.407 e. The van der Waals surface area contributed by atoms with Crippen LogP contribution in [0.2, 0.25) is 0 Å². The van der Waals surface area contributed by atoms with Crippen LogP contribution in [0.5, 0.6) is 0 Å². The van der Waals surface area contributed by atoms with Crippen molar-refractivity contribution in [3.63, 3.8) is 0 Å². The number of benzene rings is 1. The van der Waals surface area contributed by atoms with E-state index in [2.05, 4.69) is 22.5 Å². The lowest BCUT2D eigenvalue weighted by Gasteiger charge is -2.35. The Morgan fingerprint density at radius 1 is 0.977 bits per heavy atom. The molecule has 11 nitrogen and oxygen atoms in total. The van der Waals surface area contributed by atoms with Gasteiger partial charge in [0.1, 0.15) is 11.6 Å². The Hall–Kier alpha value is -4.07. The van der Waals surface area contributed by atoms with Gasteiger partial charge in [-0.25, -0.2) is 9.59 Å². The number of imidazole rings is 1. The molecule has 1 atom stereocenters. The van der Waals surface area contributed by atoms with E-state index in [1.807, 2.05) is 43.9 Å². The molecule has 2 N–H and O–H groups in total. The summed E-state index contributed by atoms with van der Waals surface area (Å²) in [5.74, 6) is 6.20. The fourth-order valence-electron chi connectivity index (χ4n) is 6.32. The number of imide groups is 1. The molecule has 2 saturated heterocycles. The van der Waals surface area contributed by atoms with Gasteiger partial charge >= 0.3 is 11.8 Å². The van der Waals surface area contributed by atoms with Crippen LogP contribution in [-0.4, -0.2) is 62.6 Å². The van der Waals surface area contributed by atoms with Crippen molar-refractivity contribution >= 4 is 34.8 Å². The fraction of sp³-hybridized carbons (Fsp3) is 0.594. The quantitative estimate of drug-likeness (QED) is 0.417. The number of aromatic nitrogens is 2. The summed E-state index contributed by atoms with van der Waals surface area (Å²) in [5, 5.41) is 5.26. The Labute approximate surface area is 251 Å². The Balaban J connectivity index is 1.14. The molecule has 1 aliphatic carbocycles. The van der Waals surface area contributed by atoms with Gasteiger partial charge in [0, 0.05) is 50.0 Å². The number of carbonyl (C=O) groups is 4. The highest BCUT2D eigenvalue weighted by molar-refractivity contribution is 6.00. The van der Waals surface area contributed by atoms with Gasteiger partial charge in [-0.1, -0.05) is 11.8 Å². The molecule has 5 rings (SSSR count). The minimum atomic E-state index is -0.720. The van der Waals surface area contributed by atoms with Crippen molar-refractivity contribution in [2.24, 2.45) is 18.9 Å². The van der Waals surface area contributed by atoms with E-state index >= 15 is 0 Å². The minimum absolute atomic E-state index is 0.00910. The third-order valence-electron chi connectivity index (χ3n) is 8.64. The zero-order chi connectivity index (χ0) is 30.9. The Morgan fingerprint density at radius 2 is 1.67 bits per heavy atom. The van der Waals surface area contributed by atoms with Crippen LogP contribution < -0.4 is 16.3 Å². The molecule has 11 heteroatoms. The Morgan fingerprint density at radius 3 is 2.33 bits per heavy atom. The number of likely N-dealkylation sites (tertiary alicyclic amines) is 1. The molecule has 1 saturated carbocycles. The second kappa shape index (κ2) is 12.3. The van der Waals surface area contributed by atoms with Gasteiger partial charge in [-0.05, 0) is 83.9 Å². The second-order valence-corrected chi connectivity index (χ2v) is 12.9. The number of alkyl carbamates (subject to hydrolysis) is 1. The minimum Gasteiger partial charge on any atom is -0.444 e. The summed E-state index contributed by atoms with van der Waals surface area (Å²) in [6.07, 6.45) is 4.75. The summed E-state index contributed by atoms with van der Waals surface area (Å²) >= 11 is 0. The van der Waals surface area contributed by atoms with Gasteiger partial charge in [0.15, 0.2) is 0 Å². The summed E-state index contributed by atoms with van der Waals surface area (Å²) in [4.78, 5) is 64.2. The van der Waals surface area contributed by atoms with Crippen LogP contribution in [-0.2, 0) is 26.2 Å². The average molecular weight is 592 g/mol. The Bertz CT molecular complexity index is 1540.